The molecule has 0 aliphatic carbocycles. The van der Waals surface area contributed by atoms with Crippen LogP contribution in [0.3, 0.4) is 0 Å². The van der Waals surface area contributed by atoms with Gasteiger partial charge in [-0.15, -0.1) is 0 Å². The number of aromatic nitrogens is 1. The van der Waals surface area contributed by atoms with Crippen LogP contribution in [0.15, 0.2) is 30.3 Å². The fourth-order valence-electron chi connectivity index (χ4n) is 3.08. The second-order valence-electron chi connectivity index (χ2n) is 5.96. The largest absolute Gasteiger partial charge is 0.336 e. The smallest absolute Gasteiger partial charge is 0.256 e. The molecular formula is C17H21N3O. The molecule has 2 atom stereocenters. The molecule has 4 nitrogen and oxygen atoms in total. The van der Waals surface area contributed by atoms with Crippen LogP contribution in [0.4, 0.5) is 0 Å². The van der Waals surface area contributed by atoms with Crippen molar-refractivity contribution in [3.05, 3.63) is 41.6 Å². The number of hydrogen-bond donors (Lipinski definition) is 1. The Morgan fingerprint density at radius 1 is 1.33 bits per heavy atom. The van der Waals surface area contributed by atoms with Gasteiger partial charge in [-0.25, -0.2) is 0 Å². The number of nitrogens with zero attached hydrogens (tertiary/aromatic N) is 2. The predicted molar refractivity (Wildman–Crippen MR) is 84.2 cm³/mol. The molecule has 1 aromatic carbocycles. The standard InChI is InChI=1S/C17H21N3O/c1-11-6-7-13-4-3-5-15(16(13)19-11)17(21)20-9-8-14(18)10-12(20)2/h3-7,12,14H,8-10,18H2,1-2H3/t12-,14+/m1/s1. The summed E-state index contributed by atoms with van der Waals surface area (Å²) in [6, 6.07) is 10.2. The first-order valence-electron chi connectivity index (χ1n) is 7.49. The summed E-state index contributed by atoms with van der Waals surface area (Å²) in [5, 5.41) is 1.01. The average molecular weight is 283 g/mol. The number of pyridine rings is 1. The SMILES string of the molecule is Cc1ccc2cccc(C(=O)N3CC[C@H](N)C[C@H]3C)c2n1. The first-order valence-corrected chi connectivity index (χ1v) is 7.49. The molecule has 1 aromatic heterocycles. The van der Waals surface area contributed by atoms with E-state index >= 15 is 0 Å². The number of carbonyl (C=O) groups is 1. The van der Waals surface area contributed by atoms with Crippen molar-refractivity contribution < 1.29 is 4.79 Å². The van der Waals surface area contributed by atoms with Crippen LogP contribution in [-0.4, -0.2) is 34.4 Å². The van der Waals surface area contributed by atoms with Crippen molar-refractivity contribution in [3.63, 3.8) is 0 Å². The summed E-state index contributed by atoms with van der Waals surface area (Å²) in [4.78, 5) is 19.4. The van der Waals surface area contributed by atoms with E-state index in [0.29, 0.717) is 5.56 Å². The number of nitrogens with two attached hydrogens (primary N) is 1. The maximum absolute atomic E-state index is 12.9. The Balaban J connectivity index is 2.00. The number of benzene rings is 1. The Morgan fingerprint density at radius 2 is 2.14 bits per heavy atom. The average Bonchev–Trinajstić information content (AvgIpc) is 2.46. The van der Waals surface area contributed by atoms with Crippen LogP contribution in [0.5, 0.6) is 0 Å². The first-order chi connectivity index (χ1) is 10.1. The maximum Gasteiger partial charge on any atom is 0.256 e. The van der Waals surface area contributed by atoms with E-state index in [1.165, 1.54) is 0 Å². The molecule has 4 heteroatoms. The molecule has 2 N–H and O–H groups in total. The Kier molecular flexibility index (Phi) is 3.64. The predicted octanol–water partition coefficient (Wildman–Crippen LogP) is 2.50. The van der Waals surface area contributed by atoms with Gasteiger partial charge in [0.25, 0.3) is 5.91 Å². The molecular weight excluding hydrogens is 262 g/mol. The van der Waals surface area contributed by atoms with Gasteiger partial charge < -0.3 is 10.6 Å². The molecule has 0 spiro atoms. The molecule has 1 amide bonds. The number of piperidine rings is 1. The summed E-state index contributed by atoms with van der Waals surface area (Å²) < 4.78 is 0. The van der Waals surface area contributed by atoms with Crippen molar-refractivity contribution in [2.24, 2.45) is 5.73 Å². The monoisotopic (exact) mass is 283 g/mol. The van der Waals surface area contributed by atoms with Gasteiger partial charge in [-0.1, -0.05) is 18.2 Å². The number of aryl methyl sites for hydroxylation is 1. The zero-order valence-electron chi connectivity index (χ0n) is 12.5. The van der Waals surface area contributed by atoms with Gasteiger partial charge in [0.15, 0.2) is 0 Å². The zero-order valence-corrected chi connectivity index (χ0v) is 12.5. The lowest BCUT2D eigenvalue weighted by Gasteiger charge is -2.36. The van der Waals surface area contributed by atoms with Crippen molar-refractivity contribution in [3.8, 4) is 0 Å². The Bertz CT molecular complexity index is 683. The molecule has 110 valence electrons. The van der Waals surface area contributed by atoms with Crippen LogP contribution in [0.1, 0.15) is 35.8 Å². The van der Waals surface area contributed by atoms with Crippen molar-refractivity contribution in [1.29, 1.82) is 0 Å². The lowest BCUT2D eigenvalue weighted by atomic mass is 9.97. The summed E-state index contributed by atoms with van der Waals surface area (Å²) >= 11 is 0. The molecule has 2 aromatic rings. The van der Waals surface area contributed by atoms with Crippen LogP contribution in [0.25, 0.3) is 10.9 Å². The van der Waals surface area contributed by atoms with E-state index in [1.54, 1.807) is 0 Å². The number of likely N-dealkylation sites (tertiary alicyclic amines) is 1. The van der Waals surface area contributed by atoms with E-state index in [-0.39, 0.29) is 18.0 Å². The summed E-state index contributed by atoms with van der Waals surface area (Å²) in [6.07, 6.45) is 1.73. The number of amides is 1. The lowest BCUT2D eigenvalue weighted by molar-refractivity contribution is 0.0621. The van der Waals surface area contributed by atoms with E-state index in [2.05, 4.69) is 11.9 Å². The molecule has 1 aliphatic heterocycles. The fraction of sp³-hybridized carbons (Fsp3) is 0.412. The second kappa shape index (κ2) is 5.45. The Hall–Kier alpha value is -1.94. The van der Waals surface area contributed by atoms with E-state index in [4.69, 9.17) is 5.73 Å². The summed E-state index contributed by atoms with van der Waals surface area (Å²) in [7, 11) is 0. The molecule has 1 saturated heterocycles. The van der Waals surface area contributed by atoms with Crippen molar-refractivity contribution >= 4 is 16.8 Å². The molecule has 0 radical (unpaired) electrons. The number of carbonyl (C=O) groups excluding carboxylic acids is 1. The van der Waals surface area contributed by atoms with Gasteiger partial charge in [-0.3, -0.25) is 9.78 Å². The lowest BCUT2D eigenvalue weighted by Crippen LogP contribution is -2.48. The molecule has 2 heterocycles. The highest BCUT2D eigenvalue weighted by molar-refractivity contribution is 6.05. The minimum atomic E-state index is 0.0677. The minimum absolute atomic E-state index is 0.0677. The second-order valence-corrected chi connectivity index (χ2v) is 5.96. The van der Waals surface area contributed by atoms with Gasteiger partial charge in [0, 0.05) is 29.7 Å². The highest BCUT2D eigenvalue weighted by atomic mass is 16.2. The zero-order chi connectivity index (χ0) is 15.0. The van der Waals surface area contributed by atoms with Gasteiger partial charge in [0.05, 0.1) is 11.1 Å². The van der Waals surface area contributed by atoms with E-state index in [9.17, 15) is 4.79 Å². The number of fused-ring (bicyclic) bond motifs is 1. The van der Waals surface area contributed by atoms with Gasteiger partial charge in [-0.05, 0) is 38.8 Å². The fourth-order valence-corrected chi connectivity index (χ4v) is 3.08. The maximum atomic E-state index is 12.9. The van der Waals surface area contributed by atoms with Crippen molar-refractivity contribution in [1.82, 2.24) is 9.88 Å². The van der Waals surface area contributed by atoms with Crippen molar-refractivity contribution in [2.75, 3.05) is 6.54 Å². The molecule has 21 heavy (non-hydrogen) atoms. The van der Waals surface area contributed by atoms with Gasteiger partial charge >= 0.3 is 0 Å². The Labute approximate surface area is 125 Å². The molecule has 0 bridgehead atoms. The summed E-state index contributed by atoms with van der Waals surface area (Å²) in [5.74, 6) is 0.0677. The van der Waals surface area contributed by atoms with Crippen LogP contribution < -0.4 is 5.73 Å². The van der Waals surface area contributed by atoms with Gasteiger partial charge in [-0.2, -0.15) is 0 Å². The summed E-state index contributed by atoms with van der Waals surface area (Å²) in [6.45, 7) is 4.74. The molecule has 0 unspecified atom stereocenters. The van der Waals surface area contributed by atoms with Crippen LogP contribution >= 0.6 is 0 Å². The molecule has 3 rings (SSSR count). The third kappa shape index (κ3) is 2.63. The first kappa shape index (κ1) is 14.0. The van der Waals surface area contributed by atoms with E-state index < -0.39 is 0 Å². The van der Waals surface area contributed by atoms with E-state index in [1.807, 2.05) is 42.2 Å². The third-order valence-electron chi connectivity index (χ3n) is 4.27. The normalized spacial score (nSPS) is 22.5. The van der Waals surface area contributed by atoms with Crippen LogP contribution in [0.2, 0.25) is 0 Å². The molecule has 1 aliphatic rings. The third-order valence-corrected chi connectivity index (χ3v) is 4.27. The quantitative estimate of drug-likeness (QED) is 0.874. The number of rotatable bonds is 1. The van der Waals surface area contributed by atoms with Gasteiger partial charge in [0.2, 0.25) is 0 Å². The number of para-hydroxylation sites is 1. The Morgan fingerprint density at radius 3 is 2.90 bits per heavy atom. The van der Waals surface area contributed by atoms with Crippen molar-refractivity contribution in [2.45, 2.75) is 38.8 Å². The topological polar surface area (TPSA) is 59.2 Å². The highest BCUT2D eigenvalue weighted by Gasteiger charge is 2.28. The van der Waals surface area contributed by atoms with Crippen LogP contribution in [-0.2, 0) is 0 Å². The minimum Gasteiger partial charge on any atom is -0.336 e. The molecule has 1 fully saturated rings. The summed E-state index contributed by atoms with van der Waals surface area (Å²) in [5.41, 5.74) is 8.40. The highest BCUT2D eigenvalue weighted by Crippen LogP contribution is 2.23. The van der Waals surface area contributed by atoms with E-state index in [0.717, 1.165) is 36.0 Å². The number of hydrogen-bond acceptors (Lipinski definition) is 3. The van der Waals surface area contributed by atoms with Crippen LogP contribution in [0, 0.1) is 6.92 Å². The molecule has 0 saturated carbocycles. The van der Waals surface area contributed by atoms with Gasteiger partial charge in [0.1, 0.15) is 0 Å².